The van der Waals surface area contributed by atoms with Crippen LogP contribution < -0.4 is 10.1 Å². The molecule has 2 aromatic carbocycles. The highest BCUT2D eigenvalue weighted by molar-refractivity contribution is 5.43. The van der Waals surface area contributed by atoms with E-state index in [2.05, 4.69) is 5.32 Å². The third-order valence-electron chi connectivity index (χ3n) is 3.31. The Morgan fingerprint density at radius 2 is 1.86 bits per heavy atom. The van der Waals surface area contributed by atoms with E-state index in [0.717, 1.165) is 11.1 Å². The van der Waals surface area contributed by atoms with Crippen LogP contribution in [0.4, 0.5) is 8.78 Å². The van der Waals surface area contributed by atoms with Gasteiger partial charge in [-0.2, -0.15) is 0 Å². The molecule has 0 heterocycles. The predicted octanol–water partition coefficient (Wildman–Crippen LogP) is 3.98. The number of methoxy groups -OCH3 is 1. The molecule has 0 bridgehead atoms. The minimum absolute atomic E-state index is 0.303. The third kappa shape index (κ3) is 3.58. The molecule has 0 amide bonds. The van der Waals surface area contributed by atoms with Gasteiger partial charge in [-0.3, -0.25) is 0 Å². The van der Waals surface area contributed by atoms with Gasteiger partial charge in [0.1, 0.15) is 17.4 Å². The average Bonchev–Trinajstić information content (AvgIpc) is 2.43. The number of benzene rings is 2. The van der Waals surface area contributed by atoms with E-state index < -0.39 is 0 Å². The zero-order chi connectivity index (χ0) is 15.4. The van der Waals surface area contributed by atoms with Gasteiger partial charge in [0.2, 0.25) is 0 Å². The van der Waals surface area contributed by atoms with E-state index in [-0.39, 0.29) is 17.7 Å². The van der Waals surface area contributed by atoms with Crippen molar-refractivity contribution in [3.63, 3.8) is 0 Å². The van der Waals surface area contributed by atoms with Gasteiger partial charge in [-0.15, -0.1) is 0 Å². The van der Waals surface area contributed by atoms with Crippen molar-refractivity contribution in [3.05, 3.63) is 64.7 Å². The summed E-state index contributed by atoms with van der Waals surface area (Å²) in [5.74, 6) is -0.0747. The first-order valence-corrected chi connectivity index (χ1v) is 6.89. The van der Waals surface area contributed by atoms with Crippen LogP contribution in [0, 0.1) is 18.6 Å². The molecule has 0 radical (unpaired) electrons. The maximum atomic E-state index is 13.7. The van der Waals surface area contributed by atoms with E-state index in [9.17, 15) is 8.78 Å². The van der Waals surface area contributed by atoms with Crippen molar-refractivity contribution >= 4 is 0 Å². The van der Waals surface area contributed by atoms with Gasteiger partial charge in [-0.1, -0.05) is 13.0 Å². The van der Waals surface area contributed by atoms with E-state index >= 15 is 0 Å². The van der Waals surface area contributed by atoms with Crippen LogP contribution in [0.5, 0.6) is 5.75 Å². The number of halogens is 2. The monoisotopic (exact) mass is 291 g/mol. The molecule has 112 valence electrons. The summed E-state index contributed by atoms with van der Waals surface area (Å²) in [6.07, 6.45) is 0. The number of nitrogens with one attached hydrogen (secondary N) is 1. The molecule has 0 saturated heterocycles. The number of aryl methyl sites for hydroxylation is 1. The van der Waals surface area contributed by atoms with Crippen molar-refractivity contribution in [1.29, 1.82) is 0 Å². The van der Waals surface area contributed by atoms with E-state index in [4.69, 9.17) is 4.74 Å². The van der Waals surface area contributed by atoms with Gasteiger partial charge in [0.25, 0.3) is 0 Å². The van der Waals surface area contributed by atoms with E-state index in [1.807, 2.05) is 19.9 Å². The summed E-state index contributed by atoms with van der Waals surface area (Å²) in [5.41, 5.74) is 2.23. The number of hydrogen-bond acceptors (Lipinski definition) is 2. The molecule has 2 aromatic rings. The number of hydrogen-bond donors (Lipinski definition) is 1. The Balaban J connectivity index is 2.55. The maximum absolute atomic E-state index is 13.7. The molecule has 0 aliphatic heterocycles. The fourth-order valence-electron chi connectivity index (χ4n) is 2.47. The van der Waals surface area contributed by atoms with Gasteiger partial charge in [0, 0.05) is 5.56 Å². The Labute approximate surface area is 123 Å². The van der Waals surface area contributed by atoms with Crippen LogP contribution in [0.25, 0.3) is 0 Å². The molecule has 21 heavy (non-hydrogen) atoms. The second-order valence-electron chi connectivity index (χ2n) is 4.94. The summed E-state index contributed by atoms with van der Waals surface area (Å²) in [4.78, 5) is 0. The fourth-order valence-corrected chi connectivity index (χ4v) is 2.47. The second kappa shape index (κ2) is 6.68. The molecule has 0 aliphatic rings. The molecule has 1 unspecified atom stereocenters. The van der Waals surface area contributed by atoms with Crippen molar-refractivity contribution in [2.24, 2.45) is 0 Å². The zero-order valence-corrected chi connectivity index (χ0v) is 12.4. The molecule has 4 heteroatoms. The SMILES string of the molecule is CCNC(c1cc(C)cc(F)c1)c1cc(F)ccc1OC. The number of rotatable bonds is 5. The fraction of sp³-hybridized carbons (Fsp3) is 0.294. The van der Waals surface area contributed by atoms with Gasteiger partial charge in [0.15, 0.2) is 0 Å². The van der Waals surface area contributed by atoms with Gasteiger partial charge < -0.3 is 10.1 Å². The lowest BCUT2D eigenvalue weighted by molar-refractivity contribution is 0.402. The molecule has 2 rings (SSSR count). The van der Waals surface area contributed by atoms with E-state index in [1.54, 1.807) is 6.07 Å². The third-order valence-corrected chi connectivity index (χ3v) is 3.31. The van der Waals surface area contributed by atoms with Crippen molar-refractivity contribution in [2.45, 2.75) is 19.9 Å². The molecule has 0 fully saturated rings. The number of ether oxygens (including phenoxy) is 1. The molecule has 0 saturated carbocycles. The molecule has 1 N–H and O–H groups in total. The van der Waals surface area contributed by atoms with Crippen LogP contribution >= 0.6 is 0 Å². The van der Waals surface area contributed by atoms with Crippen molar-refractivity contribution < 1.29 is 13.5 Å². The van der Waals surface area contributed by atoms with E-state index in [0.29, 0.717) is 17.9 Å². The van der Waals surface area contributed by atoms with Crippen LogP contribution in [0.3, 0.4) is 0 Å². The van der Waals surface area contributed by atoms with Gasteiger partial charge in [-0.05, 0) is 54.9 Å². The smallest absolute Gasteiger partial charge is 0.124 e. The standard InChI is InChI=1S/C17H19F2NO/c1-4-20-17(12-7-11(2)8-14(19)9-12)15-10-13(18)5-6-16(15)21-3/h5-10,17,20H,4H2,1-3H3. The molecule has 1 atom stereocenters. The van der Waals surface area contributed by atoms with Crippen molar-refractivity contribution in [1.82, 2.24) is 5.32 Å². The Morgan fingerprint density at radius 3 is 2.48 bits per heavy atom. The lowest BCUT2D eigenvalue weighted by Gasteiger charge is -2.22. The Hall–Kier alpha value is -1.94. The highest BCUT2D eigenvalue weighted by Gasteiger charge is 2.19. The van der Waals surface area contributed by atoms with Crippen LogP contribution in [-0.4, -0.2) is 13.7 Å². The Morgan fingerprint density at radius 1 is 1.10 bits per heavy atom. The summed E-state index contributed by atoms with van der Waals surface area (Å²) in [6.45, 7) is 4.45. The first kappa shape index (κ1) is 15.4. The highest BCUT2D eigenvalue weighted by atomic mass is 19.1. The molecular formula is C17H19F2NO. The predicted molar refractivity (Wildman–Crippen MR) is 79.6 cm³/mol. The second-order valence-corrected chi connectivity index (χ2v) is 4.94. The largest absolute Gasteiger partial charge is 0.496 e. The topological polar surface area (TPSA) is 21.3 Å². The van der Waals surface area contributed by atoms with Gasteiger partial charge in [0.05, 0.1) is 13.2 Å². The summed E-state index contributed by atoms with van der Waals surface area (Å²) < 4.78 is 32.6. The summed E-state index contributed by atoms with van der Waals surface area (Å²) >= 11 is 0. The average molecular weight is 291 g/mol. The zero-order valence-electron chi connectivity index (χ0n) is 12.4. The molecule has 2 nitrogen and oxygen atoms in total. The first-order chi connectivity index (χ1) is 10.0. The van der Waals surface area contributed by atoms with Gasteiger partial charge >= 0.3 is 0 Å². The van der Waals surface area contributed by atoms with Crippen LogP contribution in [0.2, 0.25) is 0 Å². The molecule has 0 aliphatic carbocycles. The summed E-state index contributed by atoms with van der Waals surface area (Å²) in [6, 6.07) is 8.85. The van der Waals surface area contributed by atoms with Crippen LogP contribution in [0.15, 0.2) is 36.4 Å². The lowest BCUT2D eigenvalue weighted by atomic mass is 9.96. The first-order valence-electron chi connectivity index (χ1n) is 6.89. The maximum Gasteiger partial charge on any atom is 0.124 e. The molecule has 0 spiro atoms. The normalized spacial score (nSPS) is 12.2. The Kier molecular flexibility index (Phi) is 4.91. The van der Waals surface area contributed by atoms with Crippen LogP contribution in [0.1, 0.15) is 29.7 Å². The summed E-state index contributed by atoms with van der Waals surface area (Å²) in [5, 5.41) is 3.26. The van der Waals surface area contributed by atoms with Crippen LogP contribution in [-0.2, 0) is 0 Å². The minimum atomic E-state index is -0.346. The Bertz CT molecular complexity index is 608. The minimum Gasteiger partial charge on any atom is -0.496 e. The van der Waals surface area contributed by atoms with Gasteiger partial charge in [-0.25, -0.2) is 8.78 Å². The molecular weight excluding hydrogens is 272 g/mol. The summed E-state index contributed by atoms with van der Waals surface area (Å²) in [7, 11) is 1.54. The quantitative estimate of drug-likeness (QED) is 0.899. The van der Waals surface area contributed by atoms with Crippen molar-refractivity contribution in [3.8, 4) is 5.75 Å². The lowest BCUT2D eigenvalue weighted by Crippen LogP contribution is -2.23. The molecule has 0 aromatic heterocycles. The highest BCUT2D eigenvalue weighted by Crippen LogP contribution is 2.31. The van der Waals surface area contributed by atoms with Crippen molar-refractivity contribution in [2.75, 3.05) is 13.7 Å². The van der Waals surface area contributed by atoms with E-state index in [1.165, 1.54) is 31.4 Å².